The molecule has 1 aliphatic heterocycles. The second-order valence-corrected chi connectivity index (χ2v) is 6.89. The summed E-state index contributed by atoms with van der Waals surface area (Å²) >= 11 is 0. The Bertz CT molecular complexity index is 584. The molecule has 4 aliphatic rings. The van der Waals surface area contributed by atoms with Crippen molar-refractivity contribution in [2.75, 3.05) is 6.54 Å². The maximum atomic E-state index is 12.3. The molecule has 3 aliphatic carbocycles. The Morgan fingerprint density at radius 3 is 2.80 bits per heavy atom. The Hall–Kier alpha value is -1.38. The van der Waals surface area contributed by atoms with Crippen molar-refractivity contribution >= 4 is 11.6 Å². The molecule has 1 N–H and O–H groups in total. The zero-order valence-corrected chi connectivity index (χ0v) is 12.1. The van der Waals surface area contributed by atoms with E-state index >= 15 is 0 Å². The molecule has 0 radical (unpaired) electrons. The van der Waals surface area contributed by atoms with Crippen LogP contribution in [0.1, 0.15) is 51.9 Å². The lowest BCUT2D eigenvalue weighted by Gasteiger charge is -2.42. The molecule has 0 amide bonds. The first-order chi connectivity index (χ1) is 9.61. The van der Waals surface area contributed by atoms with Gasteiger partial charge in [0.05, 0.1) is 0 Å². The SMILES string of the molecule is C[C@]12CCC3=C(CCC4=C3C(=O)CCN4)[C@@H]1CCC2=O. The maximum Gasteiger partial charge on any atom is 0.166 e. The van der Waals surface area contributed by atoms with E-state index in [0.29, 0.717) is 23.9 Å². The number of fused-ring (bicyclic) bond motifs is 3. The van der Waals surface area contributed by atoms with Gasteiger partial charge < -0.3 is 5.32 Å². The lowest BCUT2D eigenvalue weighted by Crippen LogP contribution is -2.38. The fourth-order valence-electron chi connectivity index (χ4n) is 4.84. The van der Waals surface area contributed by atoms with Gasteiger partial charge in [-0.2, -0.15) is 0 Å². The largest absolute Gasteiger partial charge is 0.387 e. The highest BCUT2D eigenvalue weighted by Gasteiger charge is 2.51. The summed E-state index contributed by atoms with van der Waals surface area (Å²) in [6.45, 7) is 2.95. The van der Waals surface area contributed by atoms with E-state index in [0.717, 1.165) is 50.6 Å². The van der Waals surface area contributed by atoms with Gasteiger partial charge in [0.15, 0.2) is 5.78 Å². The molecule has 3 heteroatoms. The van der Waals surface area contributed by atoms with Crippen LogP contribution in [-0.2, 0) is 9.59 Å². The van der Waals surface area contributed by atoms with E-state index in [2.05, 4.69) is 12.2 Å². The Morgan fingerprint density at radius 2 is 1.95 bits per heavy atom. The number of carbonyl (C=O) groups excluding carboxylic acids is 2. The van der Waals surface area contributed by atoms with Crippen molar-refractivity contribution in [3.05, 3.63) is 22.4 Å². The van der Waals surface area contributed by atoms with Crippen LogP contribution in [0.3, 0.4) is 0 Å². The first-order valence-corrected chi connectivity index (χ1v) is 7.87. The molecular formula is C17H21NO2. The van der Waals surface area contributed by atoms with Gasteiger partial charge in [0.1, 0.15) is 5.78 Å². The van der Waals surface area contributed by atoms with E-state index in [1.54, 1.807) is 0 Å². The summed E-state index contributed by atoms with van der Waals surface area (Å²) in [6, 6.07) is 0. The van der Waals surface area contributed by atoms with Crippen molar-refractivity contribution in [2.24, 2.45) is 11.3 Å². The number of carbonyl (C=O) groups is 2. The summed E-state index contributed by atoms with van der Waals surface area (Å²) in [5.74, 6) is 1.17. The maximum absolute atomic E-state index is 12.3. The van der Waals surface area contributed by atoms with Crippen LogP contribution in [-0.4, -0.2) is 18.1 Å². The summed E-state index contributed by atoms with van der Waals surface area (Å²) < 4.78 is 0. The molecule has 106 valence electrons. The van der Waals surface area contributed by atoms with E-state index in [4.69, 9.17) is 0 Å². The molecule has 0 spiro atoms. The van der Waals surface area contributed by atoms with Gasteiger partial charge in [-0.15, -0.1) is 0 Å². The first kappa shape index (κ1) is 12.4. The summed E-state index contributed by atoms with van der Waals surface area (Å²) in [6.07, 6.45) is 6.20. The van der Waals surface area contributed by atoms with Crippen LogP contribution in [0.25, 0.3) is 0 Å². The third-order valence-electron chi connectivity index (χ3n) is 5.99. The molecule has 0 bridgehead atoms. The molecule has 1 fully saturated rings. The number of nitrogens with one attached hydrogen (secondary N) is 1. The van der Waals surface area contributed by atoms with Crippen molar-refractivity contribution in [2.45, 2.75) is 51.9 Å². The van der Waals surface area contributed by atoms with Crippen molar-refractivity contribution in [1.29, 1.82) is 0 Å². The van der Waals surface area contributed by atoms with Crippen molar-refractivity contribution in [1.82, 2.24) is 5.32 Å². The number of rotatable bonds is 0. The van der Waals surface area contributed by atoms with Gasteiger partial charge in [-0.25, -0.2) is 0 Å². The lowest BCUT2D eigenvalue weighted by molar-refractivity contribution is -0.126. The minimum Gasteiger partial charge on any atom is -0.387 e. The molecule has 2 atom stereocenters. The van der Waals surface area contributed by atoms with Gasteiger partial charge in [0.2, 0.25) is 0 Å². The summed E-state index contributed by atoms with van der Waals surface area (Å²) in [4.78, 5) is 24.6. The molecule has 0 aromatic heterocycles. The first-order valence-electron chi connectivity index (χ1n) is 7.87. The average Bonchev–Trinajstić information content (AvgIpc) is 2.75. The van der Waals surface area contributed by atoms with E-state index in [1.807, 2.05) is 0 Å². The normalized spacial score (nSPS) is 36.5. The summed E-state index contributed by atoms with van der Waals surface area (Å²) in [5.41, 5.74) is 4.79. The van der Waals surface area contributed by atoms with Gasteiger partial charge in [-0.05, 0) is 43.6 Å². The Labute approximate surface area is 119 Å². The smallest absolute Gasteiger partial charge is 0.166 e. The van der Waals surface area contributed by atoms with Crippen LogP contribution in [0, 0.1) is 11.3 Å². The number of hydrogen-bond acceptors (Lipinski definition) is 3. The van der Waals surface area contributed by atoms with Crippen molar-refractivity contribution in [3.63, 3.8) is 0 Å². The zero-order chi connectivity index (χ0) is 13.9. The molecule has 0 saturated heterocycles. The molecule has 0 unspecified atom stereocenters. The van der Waals surface area contributed by atoms with Crippen LogP contribution in [0.4, 0.5) is 0 Å². The molecular weight excluding hydrogens is 250 g/mol. The van der Waals surface area contributed by atoms with E-state index < -0.39 is 0 Å². The standard InChI is InChI=1S/C17H21NO2/c1-17-8-6-11-10(12(17)3-5-15(17)20)2-4-13-16(11)14(19)7-9-18-13/h12,18H,2-9H2,1H3/t12-,17-/m0/s1. The van der Waals surface area contributed by atoms with Gasteiger partial charge in [0.25, 0.3) is 0 Å². The average molecular weight is 271 g/mol. The van der Waals surface area contributed by atoms with Gasteiger partial charge in [-0.3, -0.25) is 9.59 Å². The summed E-state index contributed by atoms with van der Waals surface area (Å²) in [5, 5.41) is 3.42. The zero-order valence-electron chi connectivity index (χ0n) is 12.1. The Morgan fingerprint density at radius 1 is 1.10 bits per heavy atom. The van der Waals surface area contributed by atoms with E-state index in [9.17, 15) is 9.59 Å². The third-order valence-corrected chi connectivity index (χ3v) is 5.99. The van der Waals surface area contributed by atoms with Gasteiger partial charge in [-0.1, -0.05) is 12.5 Å². The predicted octanol–water partition coefficient (Wildman–Crippen LogP) is 2.67. The molecule has 0 aromatic rings. The second kappa shape index (κ2) is 4.06. The van der Waals surface area contributed by atoms with E-state index in [-0.39, 0.29) is 5.41 Å². The monoisotopic (exact) mass is 271 g/mol. The van der Waals surface area contributed by atoms with E-state index in [1.165, 1.54) is 16.8 Å². The molecule has 20 heavy (non-hydrogen) atoms. The molecule has 4 rings (SSSR count). The molecule has 3 nitrogen and oxygen atoms in total. The van der Waals surface area contributed by atoms with Crippen molar-refractivity contribution in [3.8, 4) is 0 Å². The highest BCUT2D eigenvalue weighted by atomic mass is 16.1. The van der Waals surface area contributed by atoms with Crippen LogP contribution in [0.15, 0.2) is 22.4 Å². The quantitative estimate of drug-likeness (QED) is 0.737. The van der Waals surface area contributed by atoms with Crippen molar-refractivity contribution < 1.29 is 9.59 Å². The number of hydrogen-bond donors (Lipinski definition) is 1. The topological polar surface area (TPSA) is 46.2 Å². The van der Waals surface area contributed by atoms with Crippen LogP contribution < -0.4 is 5.32 Å². The molecule has 1 saturated carbocycles. The van der Waals surface area contributed by atoms with Gasteiger partial charge in [0, 0.05) is 36.1 Å². The fraction of sp³-hybridized carbons (Fsp3) is 0.647. The number of ketones is 2. The lowest BCUT2D eigenvalue weighted by atomic mass is 9.62. The minimum absolute atomic E-state index is 0.137. The molecule has 0 aromatic carbocycles. The Balaban J connectivity index is 1.82. The minimum atomic E-state index is -0.137. The number of allylic oxidation sites excluding steroid dienone is 4. The fourth-order valence-corrected chi connectivity index (χ4v) is 4.84. The van der Waals surface area contributed by atoms with Crippen LogP contribution in [0.2, 0.25) is 0 Å². The third kappa shape index (κ3) is 1.46. The van der Waals surface area contributed by atoms with Crippen LogP contribution in [0.5, 0.6) is 0 Å². The highest BCUT2D eigenvalue weighted by Crippen LogP contribution is 2.55. The highest BCUT2D eigenvalue weighted by molar-refractivity contribution is 6.02. The predicted molar refractivity (Wildman–Crippen MR) is 76.0 cm³/mol. The van der Waals surface area contributed by atoms with Gasteiger partial charge >= 0.3 is 0 Å². The van der Waals surface area contributed by atoms with Crippen LogP contribution >= 0.6 is 0 Å². The second-order valence-electron chi connectivity index (χ2n) is 6.89. The molecule has 1 heterocycles. The Kier molecular flexibility index (Phi) is 2.51. The summed E-state index contributed by atoms with van der Waals surface area (Å²) in [7, 11) is 0. The number of Topliss-reactive ketones (excluding diaryl/α,β-unsaturated/α-hetero) is 2.